The maximum absolute atomic E-state index is 11.7. The van der Waals surface area contributed by atoms with Crippen molar-refractivity contribution in [1.82, 2.24) is 9.97 Å². The summed E-state index contributed by atoms with van der Waals surface area (Å²) in [5.41, 5.74) is 5.94. The van der Waals surface area contributed by atoms with Crippen LogP contribution in [0.3, 0.4) is 0 Å². The summed E-state index contributed by atoms with van der Waals surface area (Å²) in [5.74, 6) is -0.450. The second kappa shape index (κ2) is 6.56. The van der Waals surface area contributed by atoms with Crippen molar-refractivity contribution < 1.29 is 14.3 Å². The molecule has 0 spiro atoms. The van der Waals surface area contributed by atoms with Gasteiger partial charge >= 0.3 is 5.97 Å². The van der Waals surface area contributed by atoms with Crippen LogP contribution in [0.25, 0.3) is 11.4 Å². The highest BCUT2D eigenvalue weighted by Crippen LogP contribution is 2.39. The molecule has 1 aromatic carbocycles. The molecule has 0 radical (unpaired) electrons. The molecule has 116 valence electrons. The SMILES string of the molecule is COC(=O)c1nc(-c2ccc(Cl)c(OC)c2Cl)nc(N)c1Cl. The number of anilines is 1. The van der Waals surface area contributed by atoms with E-state index < -0.39 is 5.97 Å². The molecule has 0 aliphatic heterocycles. The molecule has 0 unspecified atom stereocenters. The Morgan fingerprint density at radius 2 is 1.82 bits per heavy atom. The maximum Gasteiger partial charge on any atom is 0.358 e. The minimum absolute atomic E-state index is 0.0722. The van der Waals surface area contributed by atoms with Gasteiger partial charge in [0.15, 0.2) is 17.3 Å². The van der Waals surface area contributed by atoms with Crippen LogP contribution in [0.15, 0.2) is 12.1 Å². The highest BCUT2D eigenvalue weighted by Gasteiger charge is 2.21. The summed E-state index contributed by atoms with van der Waals surface area (Å²) in [6.45, 7) is 0. The molecule has 0 saturated carbocycles. The number of halogens is 3. The lowest BCUT2D eigenvalue weighted by molar-refractivity contribution is 0.0594. The molecule has 0 atom stereocenters. The topological polar surface area (TPSA) is 87.3 Å². The summed E-state index contributed by atoms with van der Waals surface area (Å²) >= 11 is 18.1. The molecule has 0 aliphatic carbocycles. The fourth-order valence-corrected chi connectivity index (χ4v) is 2.48. The van der Waals surface area contributed by atoms with Crippen LogP contribution in [0.2, 0.25) is 15.1 Å². The van der Waals surface area contributed by atoms with Gasteiger partial charge in [0.25, 0.3) is 0 Å². The van der Waals surface area contributed by atoms with Crippen molar-refractivity contribution in [1.29, 1.82) is 0 Å². The third-order valence-corrected chi connectivity index (χ3v) is 3.80. The van der Waals surface area contributed by atoms with Gasteiger partial charge < -0.3 is 15.2 Å². The molecule has 0 amide bonds. The molecule has 0 fully saturated rings. The lowest BCUT2D eigenvalue weighted by Gasteiger charge is -2.11. The predicted molar refractivity (Wildman–Crippen MR) is 84.8 cm³/mol. The van der Waals surface area contributed by atoms with Crippen molar-refractivity contribution in [2.75, 3.05) is 20.0 Å². The van der Waals surface area contributed by atoms with E-state index in [-0.39, 0.29) is 33.1 Å². The molecule has 0 bridgehead atoms. The van der Waals surface area contributed by atoms with Gasteiger partial charge in [-0.15, -0.1) is 0 Å². The van der Waals surface area contributed by atoms with E-state index in [1.165, 1.54) is 14.2 Å². The number of carbonyl (C=O) groups excluding carboxylic acids is 1. The van der Waals surface area contributed by atoms with E-state index in [9.17, 15) is 4.79 Å². The van der Waals surface area contributed by atoms with Crippen LogP contribution in [0.1, 0.15) is 10.5 Å². The second-order valence-corrected chi connectivity index (χ2v) is 5.19. The first kappa shape index (κ1) is 16.6. The van der Waals surface area contributed by atoms with E-state index in [0.717, 1.165) is 0 Å². The molecule has 2 N–H and O–H groups in total. The van der Waals surface area contributed by atoms with Gasteiger partial charge in [0.1, 0.15) is 10.8 Å². The summed E-state index contributed by atoms with van der Waals surface area (Å²) < 4.78 is 9.73. The van der Waals surface area contributed by atoms with Crippen LogP contribution < -0.4 is 10.5 Å². The minimum atomic E-state index is -0.739. The number of carbonyl (C=O) groups is 1. The number of methoxy groups -OCH3 is 2. The average Bonchev–Trinajstić information content (AvgIpc) is 2.50. The van der Waals surface area contributed by atoms with Crippen LogP contribution in [0.4, 0.5) is 5.82 Å². The molecular formula is C13H10Cl3N3O3. The standard InChI is InChI=1S/C13H10Cl3N3O3/c1-21-10-6(14)4-3-5(7(10)15)12-18-9(13(20)22-2)8(16)11(17)19-12/h3-4H,1-2H3,(H2,17,18,19). The third kappa shape index (κ3) is 2.90. The normalized spacial score (nSPS) is 10.4. The summed E-state index contributed by atoms with van der Waals surface area (Å²) in [6, 6.07) is 3.14. The Kier molecular flexibility index (Phi) is 4.95. The van der Waals surface area contributed by atoms with Crippen LogP contribution in [-0.2, 0) is 4.74 Å². The molecule has 1 heterocycles. The Bertz CT molecular complexity index is 753. The predicted octanol–water partition coefficient (Wildman–Crippen LogP) is 3.48. The fraction of sp³-hybridized carbons (Fsp3) is 0.154. The zero-order valence-electron chi connectivity index (χ0n) is 11.5. The summed E-state index contributed by atoms with van der Waals surface area (Å²) in [6.07, 6.45) is 0. The van der Waals surface area contributed by atoms with Gasteiger partial charge in [-0.2, -0.15) is 0 Å². The summed E-state index contributed by atoms with van der Waals surface area (Å²) in [5, 5.41) is 0.423. The smallest absolute Gasteiger partial charge is 0.358 e. The molecule has 2 aromatic rings. The van der Waals surface area contributed by atoms with Crippen LogP contribution >= 0.6 is 34.8 Å². The number of rotatable bonds is 3. The molecule has 0 saturated heterocycles. The Labute approximate surface area is 141 Å². The lowest BCUT2D eigenvalue weighted by atomic mass is 10.2. The number of nitrogen functional groups attached to an aromatic ring is 1. The number of esters is 1. The number of benzene rings is 1. The number of hydrogen-bond acceptors (Lipinski definition) is 6. The molecule has 6 nitrogen and oxygen atoms in total. The van der Waals surface area contributed by atoms with Crippen molar-refractivity contribution in [2.24, 2.45) is 0 Å². The summed E-state index contributed by atoms with van der Waals surface area (Å²) in [4.78, 5) is 19.8. The van der Waals surface area contributed by atoms with Gasteiger partial charge in [-0.05, 0) is 12.1 Å². The first-order chi connectivity index (χ1) is 10.4. The maximum atomic E-state index is 11.7. The van der Waals surface area contributed by atoms with Crippen molar-refractivity contribution in [3.05, 3.63) is 32.9 Å². The van der Waals surface area contributed by atoms with Crippen LogP contribution in [-0.4, -0.2) is 30.2 Å². The number of ether oxygens (including phenoxy) is 2. The van der Waals surface area contributed by atoms with E-state index >= 15 is 0 Å². The number of aromatic nitrogens is 2. The molecule has 22 heavy (non-hydrogen) atoms. The first-order valence-corrected chi connectivity index (χ1v) is 6.97. The van der Waals surface area contributed by atoms with Gasteiger partial charge in [0, 0.05) is 5.56 Å². The minimum Gasteiger partial charge on any atom is -0.494 e. The fourth-order valence-electron chi connectivity index (χ4n) is 1.71. The molecule has 9 heteroatoms. The quantitative estimate of drug-likeness (QED) is 0.841. The monoisotopic (exact) mass is 361 g/mol. The molecule has 1 aromatic heterocycles. The largest absolute Gasteiger partial charge is 0.494 e. The molecule has 0 aliphatic rings. The van der Waals surface area contributed by atoms with E-state index in [2.05, 4.69) is 14.7 Å². The van der Waals surface area contributed by atoms with E-state index in [1.807, 2.05) is 0 Å². The highest BCUT2D eigenvalue weighted by molar-refractivity contribution is 6.39. The Hall–Kier alpha value is -1.76. The van der Waals surface area contributed by atoms with Gasteiger partial charge in [0.2, 0.25) is 0 Å². The van der Waals surface area contributed by atoms with Gasteiger partial charge in [-0.3, -0.25) is 0 Å². The highest BCUT2D eigenvalue weighted by atomic mass is 35.5. The van der Waals surface area contributed by atoms with Crippen LogP contribution in [0, 0.1) is 0 Å². The number of nitrogens with two attached hydrogens (primary N) is 1. The van der Waals surface area contributed by atoms with Crippen molar-refractivity contribution in [3.63, 3.8) is 0 Å². The van der Waals surface area contributed by atoms with Gasteiger partial charge in [-0.1, -0.05) is 34.8 Å². The number of hydrogen-bond donors (Lipinski definition) is 1. The zero-order chi connectivity index (χ0) is 16.4. The Balaban J connectivity index is 2.69. The van der Waals surface area contributed by atoms with Crippen LogP contribution in [0.5, 0.6) is 5.75 Å². The Morgan fingerprint density at radius 1 is 1.14 bits per heavy atom. The third-order valence-electron chi connectivity index (χ3n) is 2.75. The van der Waals surface area contributed by atoms with E-state index in [1.54, 1.807) is 12.1 Å². The zero-order valence-corrected chi connectivity index (χ0v) is 13.8. The Morgan fingerprint density at radius 3 is 2.41 bits per heavy atom. The van der Waals surface area contributed by atoms with Gasteiger partial charge in [-0.25, -0.2) is 14.8 Å². The average molecular weight is 363 g/mol. The van der Waals surface area contributed by atoms with Gasteiger partial charge in [0.05, 0.1) is 24.3 Å². The summed E-state index contributed by atoms with van der Waals surface area (Å²) in [7, 11) is 2.63. The number of nitrogens with zero attached hydrogens (tertiary/aromatic N) is 2. The van der Waals surface area contributed by atoms with Crippen molar-refractivity contribution in [3.8, 4) is 17.1 Å². The lowest BCUT2D eigenvalue weighted by Crippen LogP contribution is -2.10. The van der Waals surface area contributed by atoms with Crippen molar-refractivity contribution >= 4 is 46.6 Å². The molecule has 2 rings (SSSR count). The molecular weight excluding hydrogens is 353 g/mol. The van der Waals surface area contributed by atoms with E-state index in [0.29, 0.717) is 10.6 Å². The second-order valence-electron chi connectivity index (χ2n) is 4.03. The first-order valence-electron chi connectivity index (χ1n) is 5.84. The van der Waals surface area contributed by atoms with Crippen molar-refractivity contribution in [2.45, 2.75) is 0 Å². The van der Waals surface area contributed by atoms with E-state index in [4.69, 9.17) is 45.3 Å².